The second-order valence-electron chi connectivity index (χ2n) is 2.39. The van der Waals surface area contributed by atoms with Crippen LogP contribution in [-0.4, -0.2) is 18.2 Å². The van der Waals surface area contributed by atoms with Crippen LogP contribution >= 0.6 is 0 Å². The highest BCUT2D eigenvalue weighted by Gasteiger charge is 2.28. The van der Waals surface area contributed by atoms with Crippen molar-refractivity contribution < 1.29 is 9.53 Å². The molecule has 0 aromatic carbocycles. The van der Waals surface area contributed by atoms with Crippen molar-refractivity contribution >= 4 is 6.09 Å². The highest BCUT2D eigenvalue weighted by molar-refractivity contribution is 5.70. The monoisotopic (exact) mass is 141 g/mol. The van der Waals surface area contributed by atoms with Crippen LogP contribution in [0.4, 0.5) is 4.79 Å². The Hall–Kier alpha value is -0.990. The number of ether oxygens (including phenoxy) is 1. The van der Waals surface area contributed by atoms with Gasteiger partial charge in [-0.15, -0.1) is 6.58 Å². The van der Waals surface area contributed by atoms with E-state index in [0.717, 1.165) is 6.42 Å². The molecule has 56 valence electrons. The molecule has 1 N–H and O–H groups in total. The van der Waals surface area contributed by atoms with Crippen molar-refractivity contribution in [1.29, 1.82) is 0 Å². The Morgan fingerprint density at radius 3 is 3.00 bits per heavy atom. The molecular formula is C7H11NO2. The SMILES string of the molecule is C=CCC1NC(=O)OC1C. The maximum Gasteiger partial charge on any atom is 0.407 e. The molecule has 10 heavy (non-hydrogen) atoms. The van der Waals surface area contributed by atoms with Crippen LogP contribution in [0.3, 0.4) is 0 Å². The molecule has 2 unspecified atom stereocenters. The first kappa shape index (κ1) is 7.12. The van der Waals surface area contributed by atoms with Crippen molar-refractivity contribution in [3.05, 3.63) is 12.7 Å². The molecule has 1 aliphatic rings. The minimum absolute atomic E-state index is 0.0227. The average Bonchev–Trinajstić information content (AvgIpc) is 2.13. The van der Waals surface area contributed by atoms with Crippen molar-refractivity contribution in [3.63, 3.8) is 0 Å². The molecule has 0 saturated carbocycles. The van der Waals surface area contributed by atoms with Gasteiger partial charge in [0.2, 0.25) is 0 Å². The van der Waals surface area contributed by atoms with Gasteiger partial charge in [0.15, 0.2) is 0 Å². The maximum atomic E-state index is 10.6. The van der Waals surface area contributed by atoms with Gasteiger partial charge >= 0.3 is 6.09 Å². The lowest BCUT2D eigenvalue weighted by Crippen LogP contribution is -2.28. The molecule has 0 aromatic heterocycles. The molecular weight excluding hydrogens is 130 g/mol. The van der Waals surface area contributed by atoms with Crippen LogP contribution in [0, 0.1) is 0 Å². The Kier molecular flexibility index (Phi) is 1.94. The Morgan fingerprint density at radius 1 is 1.90 bits per heavy atom. The maximum absolute atomic E-state index is 10.6. The van der Waals surface area contributed by atoms with Gasteiger partial charge in [0.05, 0.1) is 6.04 Å². The number of hydrogen-bond acceptors (Lipinski definition) is 2. The largest absolute Gasteiger partial charge is 0.444 e. The van der Waals surface area contributed by atoms with E-state index in [4.69, 9.17) is 4.74 Å². The number of nitrogens with one attached hydrogen (secondary N) is 1. The molecule has 2 atom stereocenters. The lowest BCUT2D eigenvalue weighted by Gasteiger charge is -2.08. The summed E-state index contributed by atoms with van der Waals surface area (Å²) in [4.78, 5) is 10.6. The van der Waals surface area contributed by atoms with Crippen LogP contribution in [0.15, 0.2) is 12.7 Å². The minimum atomic E-state index is -0.320. The molecule has 1 rings (SSSR count). The van der Waals surface area contributed by atoms with E-state index >= 15 is 0 Å². The van der Waals surface area contributed by atoms with Crippen molar-refractivity contribution in [2.24, 2.45) is 0 Å². The zero-order valence-electron chi connectivity index (χ0n) is 5.96. The lowest BCUT2D eigenvalue weighted by atomic mass is 10.1. The predicted octanol–water partition coefficient (Wildman–Crippen LogP) is 1.06. The van der Waals surface area contributed by atoms with Gasteiger partial charge in [-0.2, -0.15) is 0 Å². The fourth-order valence-corrected chi connectivity index (χ4v) is 0.984. The third-order valence-electron chi connectivity index (χ3n) is 1.58. The number of rotatable bonds is 2. The Labute approximate surface area is 60.1 Å². The van der Waals surface area contributed by atoms with E-state index in [-0.39, 0.29) is 18.2 Å². The van der Waals surface area contributed by atoms with Crippen molar-refractivity contribution in [3.8, 4) is 0 Å². The molecule has 3 nitrogen and oxygen atoms in total. The van der Waals surface area contributed by atoms with Crippen LogP contribution in [0.5, 0.6) is 0 Å². The number of cyclic esters (lactones) is 1. The average molecular weight is 141 g/mol. The van der Waals surface area contributed by atoms with Crippen molar-refractivity contribution in [2.45, 2.75) is 25.5 Å². The van der Waals surface area contributed by atoms with Gasteiger partial charge in [0, 0.05) is 0 Å². The molecule has 1 saturated heterocycles. The number of carbonyl (C=O) groups excluding carboxylic acids is 1. The molecule has 1 heterocycles. The molecule has 0 aromatic rings. The summed E-state index contributed by atoms with van der Waals surface area (Å²) in [6.45, 7) is 5.44. The molecule has 1 aliphatic heterocycles. The lowest BCUT2D eigenvalue weighted by molar-refractivity contribution is 0.141. The summed E-state index contributed by atoms with van der Waals surface area (Å²) in [7, 11) is 0. The first-order valence-electron chi connectivity index (χ1n) is 3.32. The Balaban J connectivity index is 2.45. The molecule has 0 aliphatic carbocycles. The Bertz CT molecular complexity index is 156. The molecule has 1 amide bonds. The van der Waals surface area contributed by atoms with Gasteiger partial charge in [0.25, 0.3) is 0 Å². The van der Waals surface area contributed by atoms with E-state index in [0.29, 0.717) is 0 Å². The highest BCUT2D eigenvalue weighted by Crippen LogP contribution is 2.10. The van der Waals surface area contributed by atoms with Crippen LogP contribution in [0.1, 0.15) is 13.3 Å². The van der Waals surface area contributed by atoms with E-state index in [1.165, 1.54) is 0 Å². The van der Waals surface area contributed by atoms with Gasteiger partial charge in [-0.1, -0.05) is 6.08 Å². The molecule has 0 bridgehead atoms. The third-order valence-corrected chi connectivity index (χ3v) is 1.58. The number of amides is 1. The summed E-state index contributed by atoms with van der Waals surface area (Å²) in [5, 5.41) is 2.67. The van der Waals surface area contributed by atoms with Crippen molar-refractivity contribution in [2.75, 3.05) is 0 Å². The molecule has 0 spiro atoms. The van der Waals surface area contributed by atoms with Crippen LogP contribution in [-0.2, 0) is 4.74 Å². The summed E-state index contributed by atoms with van der Waals surface area (Å²) in [5.74, 6) is 0. The van der Waals surface area contributed by atoms with E-state index in [9.17, 15) is 4.79 Å². The van der Waals surface area contributed by atoms with E-state index in [1.807, 2.05) is 6.92 Å². The van der Waals surface area contributed by atoms with Crippen LogP contribution < -0.4 is 5.32 Å². The molecule has 3 heteroatoms. The number of hydrogen-bond donors (Lipinski definition) is 1. The zero-order chi connectivity index (χ0) is 7.56. The normalized spacial score (nSPS) is 31.1. The summed E-state index contributed by atoms with van der Waals surface area (Å²) < 4.78 is 4.83. The minimum Gasteiger partial charge on any atom is -0.444 e. The topological polar surface area (TPSA) is 38.3 Å². The van der Waals surface area contributed by atoms with Gasteiger partial charge in [-0.05, 0) is 13.3 Å². The van der Waals surface area contributed by atoms with Gasteiger partial charge in [-0.25, -0.2) is 4.79 Å². The predicted molar refractivity (Wildman–Crippen MR) is 37.7 cm³/mol. The zero-order valence-corrected chi connectivity index (χ0v) is 5.96. The fraction of sp³-hybridized carbons (Fsp3) is 0.571. The first-order chi connectivity index (χ1) is 4.74. The number of carbonyl (C=O) groups is 1. The molecule has 1 fully saturated rings. The smallest absolute Gasteiger partial charge is 0.407 e. The van der Waals surface area contributed by atoms with Crippen LogP contribution in [0.2, 0.25) is 0 Å². The van der Waals surface area contributed by atoms with Crippen LogP contribution in [0.25, 0.3) is 0 Å². The second kappa shape index (κ2) is 2.73. The van der Waals surface area contributed by atoms with Gasteiger partial charge < -0.3 is 10.1 Å². The third kappa shape index (κ3) is 1.29. The summed E-state index contributed by atoms with van der Waals surface area (Å²) in [6.07, 6.45) is 2.20. The van der Waals surface area contributed by atoms with E-state index in [1.54, 1.807) is 6.08 Å². The van der Waals surface area contributed by atoms with Gasteiger partial charge in [0.1, 0.15) is 6.10 Å². The Morgan fingerprint density at radius 2 is 2.60 bits per heavy atom. The standard InChI is InChI=1S/C7H11NO2/c1-3-4-6-5(2)10-7(9)8-6/h3,5-6H,1,4H2,2H3,(H,8,9). The van der Waals surface area contributed by atoms with E-state index in [2.05, 4.69) is 11.9 Å². The number of alkyl carbamates (subject to hydrolysis) is 1. The van der Waals surface area contributed by atoms with Crippen molar-refractivity contribution in [1.82, 2.24) is 5.32 Å². The summed E-state index contributed by atoms with van der Waals surface area (Å²) >= 11 is 0. The first-order valence-corrected chi connectivity index (χ1v) is 3.32. The fourth-order valence-electron chi connectivity index (χ4n) is 0.984. The highest BCUT2D eigenvalue weighted by atomic mass is 16.6. The van der Waals surface area contributed by atoms with Gasteiger partial charge in [-0.3, -0.25) is 0 Å². The molecule has 0 radical (unpaired) electrons. The second-order valence-corrected chi connectivity index (χ2v) is 2.39. The summed E-state index contributed by atoms with van der Waals surface area (Å²) in [5.41, 5.74) is 0. The summed E-state index contributed by atoms with van der Waals surface area (Å²) in [6, 6.07) is 0.116. The van der Waals surface area contributed by atoms with E-state index < -0.39 is 0 Å². The quantitative estimate of drug-likeness (QED) is 0.584.